The Balaban J connectivity index is 2.84. The van der Waals surface area contributed by atoms with Gasteiger partial charge in [0.25, 0.3) is 5.56 Å². The number of ether oxygens (including phenoxy) is 1. The third-order valence-corrected chi connectivity index (χ3v) is 2.18. The highest BCUT2D eigenvalue weighted by Gasteiger charge is 2.01. The van der Waals surface area contributed by atoms with Crippen molar-refractivity contribution >= 4 is 11.0 Å². The first kappa shape index (κ1) is 8.74. The Morgan fingerprint density at radius 1 is 1.43 bits per heavy atom. The monoisotopic (exact) mass is 190 g/mol. The van der Waals surface area contributed by atoms with Gasteiger partial charge in [-0.1, -0.05) is 0 Å². The molecule has 0 unspecified atom stereocenters. The van der Waals surface area contributed by atoms with Crippen molar-refractivity contribution in [3.05, 3.63) is 34.7 Å². The summed E-state index contributed by atoms with van der Waals surface area (Å²) in [5.41, 5.74) is 1.51. The molecule has 0 bridgehead atoms. The van der Waals surface area contributed by atoms with E-state index in [4.69, 9.17) is 4.74 Å². The molecule has 2 rings (SSSR count). The van der Waals surface area contributed by atoms with Crippen molar-refractivity contribution in [2.24, 2.45) is 7.05 Å². The Morgan fingerprint density at radius 3 is 2.93 bits per heavy atom. The van der Waals surface area contributed by atoms with Gasteiger partial charge in [-0.05, 0) is 6.07 Å². The van der Waals surface area contributed by atoms with Gasteiger partial charge in [-0.2, -0.15) is 0 Å². The number of rotatable bonds is 1. The van der Waals surface area contributed by atoms with Crippen molar-refractivity contribution in [3.63, 3.8) is 0 Å². The molecule has 2 heterocycles. The van der Waals surface area contributed by atoms with Crippen LogP contribution in [0.15, 0.2) is 29.2 Å². The lowest BCUT2D eigenvalue weighted by Crippen LogP contribution is -2.15. The second kappa shape index (κ2) is 3.14. The lowest BCUT2D eigenvalue weighted by Gasteiger charge is -2.05. The van der Waals surface area contributed by atoms with Gasteiger partial charge in [-0.15, -0.1) is 0 Å². The number of aromatic nitrogens is 2. The highest BCUT2D eigenvalue weighted by Crippen LogP contribution is 2.15. The maximum atomic E-state index is 11.3. The van der Waals surface area contributed by atoms with Crippen LogP contribution < -0.4 is 10.3 Å². The summed E-state index contributed by atoms with van der Waals surface area (Å²) in [6.07, 6.45) is 1.63. The first-order valence-corrected chi connectivity index (χ1v) is 4.22. The van der Waals surface area contributed by atoms with Crippen LogP contribution in [0.5, 0.6) is 5.75 Å². The molecule has 72 valence electrons. The van der Waals surface area contributed by atoms with E-state index in [9.17, 15) is 4.79 Å². The van der Waals surface area contributed by atoms with E-state index in [1.165, 1.54) is 6.07 Å². The minimum absolute atomic E-state index is 0.0486. The molecule has 2 aromatic heterocycles. The molecule has 4 nitrogen and oxygen atoms in total. The Hall–Kier alpha value is -1.84. The van der Waals surface area contributed by atoms with Crippen LogP contribution in [0.3, 0.4) is 0 Å². The van der Waals surface area contributed by atoms with Crippen LogP contribution in [0.2, 0.25) is 0 Å². The smallest absolute Gasteiger partial charge is 0.250 e. The zero-order valence-electron chi connectivity index (χ0n) is 8.02. The van der Waals surface area contributed by atoms with Gasteiger partial charge in [0, 0.05) is 19.2 Å². The van der Waals surface area contributed by atoms with Gasteiger partial charge in [-0.3, -0.25) is 9.78 Å². The maximum Gasteiger partial charge on any atom is 0.250 e. The lowest BCUT2D eigenvalue weighted by atomic mass is 10.3. The summed E-state index contributed by atoms with van der Waals surface area (Å²) >= 11 is 0. The fraction of sp³-hybridized carbons (Fsp3) is 0.200. The minimum Gasteiger partial charge on any atom is -0.495 e. The molecular weight excluding hydrogens is 180 g/mol. The van der Waals surface area contributed by atoms with E-state index in [0.29, 0.717) is 5.75 Å². The summed E-state index contributed by atoms with van der Waals surface area (Å²) in [6, 6.07) is 5.00. The largest absolute Gasteiger partial charge is 0.495 e. The SMILES string of the molecule is COc1cnc2ccc(=O)n(C)c2c1. The minimum atomic E-state index is -0.0486. The van der Waals surface area contributed by atoms with Crippen molar-refractivity contribution in [1.29, 1.82) is 0 Å². The Morgan fingerprint density at radius 2 is 2.21 bits per heavy atom. The van der Waals surface area contributed by atoms with Crippen molar-refractivity contribution in [1.82, 2.24) is 9.55 Å². The van der Waals surface area contributed by atoms with Crippen molar-refractivity contribution in [2.45, 2.75) is 0 Å². The van der Waals surface area contributed by atoms with Gasteiger partial charge in [0.2, 0.25) is 0 Å². The molecule has 0 radical (unpaired) electrons. The molecular formula is C10H10N2O2. The molecule has 0 fully saturated rings. The van der Waals surface area contributed by atoms with Crippen LogP contribution in [0.4, 0.5) is 0 Å². The summed E-state index contributed by atoms with van der Waals surface area (Å²) in [5, 5.41) is 0. The fourth-order valence-electron chi connectivity index (χ4n) is 1.33. The highest BCUT2D eigenvalue weighted by molar-refractivity contribution is 5.75. The van der Waals surface area contributed by atoms with Gasteiger partial charge in [-0.25, -0.2) is 0 Å². The molecule has 0 N–H and O–H groups in total. The second-order valence-corrected chi connectivity index (χ2v) is 3.01. The van der Waals surface area contributed by atoms with E-state index in [1.54, 1.807) is 37.1 Å². The predicted molar refractivity (Wildman–Crippen MR) is 53.5 cm³/mol. The average Bonchev–Trinajstić information content (AvgIpc) is 2.23. The Kier molecular flexibility index (Phi) is 1.96. The van der Waals surface area contributed by atoms with E-state index in [-0.39, 0.29) is 5.56 Å². The molecule has 0 atom stereocenters. The lowest BCUT2D eigenvalue weighted by molar-refractivity contribution is 0.413. The number of hydrogen-bond donors (Lipinski definition) is 0. The van der Waals surface area contributed by atoms with Crippen LogP contribution >= 0.6 is 0 Å². The Labute approximate surface area is 80.8 Å². The number of pyridine rings is 2. The third-order valence-electron chi connectivity index (χ3n) is 2.18. The zero-order valence-corrected chi connectivity index (χ0v) is 8.02. The van der Waals surface area contributed by atoms with Crippen LogP contribution in [-0.4, -0.2) is 16.7 Å². The number of nitrogens with zero attached hydrogens (tertiary/aromatic N) is 2. The van der Waals surface area contributed by atoms with E-state index in [2.05, 4.69) is 4.98 Å². The topological polar surface area (TPSA) is 44.1 Å². The number of hydrogen-bond acceptors (Lipinski definition) is 3. The standard InChI is InChI=1S/C10H10N2O2/c1-12-9-5-7(14-2)6-11-8(9)3-4-10(12)13/h3-6H,1-2H3. The van der Waals surface area contributed by atoms with Gasteiger partial charge in [0.15, 0.2) is 0 Å². The molecule has 0 saturated carbocycles. The summed E-state index contributed by atoms with van der Waals surface area (Å²) < 4.78 is 6.59. The van der Waals surface area contributed by atoms with Crippen LogP contribution in [0.1, 0.15) is 0 Å². The first-order valence-electron chi connectivity index (χ1n) is 4.22. The molecule has 0 saturated heterocycles. The molecule has 0 aliphatic carbocycles. The second-order valence-electron chi connectivity index (χ2n) is 3.01. The van der Waals surface area contributed by atoms with E-state index < -0.39 is 0 Å². The van der Waals surface area contributed by atoms with Crippen molar-refractivity contribution < 1.29 is 4.74 Å². The van der Waals surface area contributed by atoms with Crippen LogP contribution in [0.25, 0.3) is 11.0 Å². The predicted octanol–water partition coefficient (Wildman–Crippen LogP) is 0.942. The quantitative estimate of drug-likeness (QED) is 0.672. The van der Waals surface area contributed by atoms with E-state index >= 15 is 0 Å². The molecule has 0 aromatic carbocycles. The molecule has 0 aliphatic rings. The zero-order chi connectivity index (χ0) is 10.1. The van der Waals surface area contributed by atoms with Gasteiger partial charge < -0.3 is 9.30 Å². The summed E-state index contributed by atoms with van der Waals surface area (Å²) in [6.45, 7) is 0. The van der Waals surface area contributed by atoms with Crippen molar-refractivity contribution in [3.8, 4) is 5.75 Å². The van der Waals surface area contributed by atoms with Crippen LogP contribution in [-0.2, 0) is 7.05 Å². The van der Waals surface area contributed by atoms with Crippen LogP contribution in [0, 0.1) is 0 Å². The van der Waals surface area contributed by atoms with E-state index in [0.717, 1.165) is 11.0 Å². The van der Waals surface area contributed by atoms with Gasteiger partial charge in [0.1, 0.15) is 5.75 Å². The summed E-state index contributed by atoms with van der Waals surface area (Å²) in [4.78, 5) is 15.5. The number of methoxy groups -OCH3 is 1. The molecule has 2 aromatic rings. The average molecular weight is 190 g/mol. The fourth-order valence-corrected chi connectivity index (χ4v) is 1.33. The summed E-state index contributed by atoms with van der Waals surface area (Å²) in [7, 11) is 3.29. The highest BCUT2D eigenvalue weighted by atomic mass is 16.5. The number of fused-ring (bicyclic) bond motifs is 1. The molecule has 0 aliphatic heterocycles. The van der Waals surface area contributed by atoms with Crippen molar-refractivity contribution in [2.75, 3.05) is 7.11 Å². The third kappa shape index (κ3) is 1.25. The molecule has 14 heavy (non-hydrogen) atoms. The van der Waals surface area contributed by atoms with Gasteiger partial charge in [0.05, 0.1) is 24.3 Å². The summed E-state index contributed by atoms with van der Waals surface area (Å²) in [5.74, 6) is 0.652. The normalized spacial score (nSPS) is 10.4. The molecule has 0 spiro atoms. The maximum absolute atomic E-state index is 11.3. The Bertz CT molecular complexity index is 531. The van der Waals surface area contributed by atoms with Gasteiger partial charge >= 0.3 is 0 Å². The molecule has 0 amide bonds. The number of aryl methyl sites for hydroxylation is 1. The molecule has 4 heteroatoms. The first-order chi connectivity index (χ1) is 6.72. The van der Waals surface area contributed by atoms with E-state index in [1.807, 2.05) is 0 Å².